The normalized spacial score (nSPS) is 20.1. The summed E-state index contributed by atoms with van der Waals surface area (Å²) in [5.41, 5.74) is 10.3. The van der Waals surface area contributed by atoms with Gasteiger partial charge in [0.1, 0.15) is 10.8 Å². The minimum atomic E-state index is -0.262. The van der Waals surface area contributed by atoms with Crippen molar-refractivity contribution in [2.45, 2.75) is 32.1 Å². The first-order valence-electron chi connectivity index (χ1n) is 10.4. The van der Waals surface area contributed by atoms with E-state index in [4.69, 9.17) is 17.3 Å². The van der Waals surface area contributed by atoms with Gasteiger partial charge in [0.2, 0.25) is 11.8 Å². The van der Waals surface area contributed by atoms with Crippen LogP contribution < -0.4 is 21.3 Å². The number of anilines is 3. The highest BCUT2D eigenvalue weighted by Gasteiger charge is 2.44. The predicted molar refractivity (Wildman–Crippen MR) is 118 cm³/mol. The lowest BCUT2D eigenvalue weighted by molar-refractivity contribution is -0.128. The Labute approximate surface area is 180 Å². The molecule has 30 heavy (non-hydrogen) atoms. The maximum Gasteiger partial charge on any atom is 0.226 e. The summed E-state index contributed by atoms with van der Waals surface area (Å²) in [6.45, 7) is 2.18. The maximum atomic E-state index is 12.4. The number of hydrogen-bond acceptors (Lipinski definition) is 5. The molecule has 2 fully saturated rings. The molecule has 3 aliphatic heterocycles. The Balaban J connectivity index is 1.56. The number of nitrogen functional groups attached to an aromatic ring is 1. The van der Waals surface area contributed by atoms with Gasteiger partial charge >= 0.3 is 0 Å². The number of hydrogen-bond donors (Lipinski definition) is 3. The molecule has 2 amide bonds. The van der Waals surface area contributed by atoms with Gasteiger partial charge in [-0.3, -0.25) is 9.59 Å². The summed E-state index contributed by atoms with van der Waals surface area (Å²) < 4.78 is 0. The van der Waals surface area contributed by atoms with Crippen molar-refractivity contribution in [3.63, 3.8) is 0 Å². The average molecular weight is 426 g/mol. The second kappa shape index (κ2) is 7.16. The summed E-state index contributed by atoms with van der Waals surface area (Å²) >= 11 is 6.68. The van der Waals surface area contributed by atoms with E-state index in [2.05, 4.69) is 20.5 Å². The summed E-state index contributed by atoms with van der Waals surface area (Å²) in [4.78, 5) is 30.9. The topological polar surface area (TPSA) is 100 Å². The number of nitrogens with zero attached hydrogens (tertiary/aromatic N) is 2. The van der Waals surface area contributed by atoms with Crippen LogP contribution >= 0.6 is 11.6 Å². The number of halogens is 1. The Kier molecular flexibility index (Phi) is 4.58. The number of carbonyl (C=O) groups is 2. The molecule has 1 aromatic heterocycles. The van der Waals surface area contributed by atoms with Crippen LogP contribution in [0.1, 0.15) is 31.2 Å². The van der Waals surface area contributed by atoms with E-state index in [1.165, 1.54) is 0 Å². The SMILES string of the molecule is Nc1ncc(-c2cccc3c2NC(=O)CC3)c(N2CCC3(CCNC3=O)CC2)c1Cl. The van der Waals surface area contributed by atoms with E-state index in [1.54, 1.807) is 6.20 Å². The molecule has 156 valence electrons. The van der Waals surface area contributed by atoms with Crippen LogP contribution in [0.4, 0.5) is 17.2 Å². The van der Waals surface area contributed by atoms with Gasteiger partial charge in [-0.15, -0.1) is 0 Å². The molecule has 0 bridgehead atoms. The molecular weight excluding hydrogens is 402 g/mol. The summed E-state index contributed by atoms with van der Waals surface area (Å²) in [6, 6.07) is 6.01. The van der Waals surface area contributed by atoms with Crippen molar-refractivity contribution >= 4 is 40.6 Å². The minimum Gasteiger partial charge on any atom is -0.382 e. The molecule has 8 heteroatoms. The monoisotopic (exact) mass is 425 g/mol. The average Bonchev–Trinajstić information content (AvgIpc) is 3.10. The first-order valence-corrected chi connectivity index (χ1v) is 10.8. The molecule has 3 aliphatic rings. The Morgan fingerprint density at radius 1 is 1.10 bits per heavy atom. The lowest BCUT2D eigenvalue weighted by Gasteiger charge is -2.39. The number of fused-ring (bicyclic) bond motifs is 1. The molecule has 2 saturated heterocycles. The van der Waals surface area contributed by atoms with Gasteiger partial charge in [-0.05, 0) is 31.2 Å². The lowest BCUT2D eigenvalue weighted by atomic mass is 9.77. The molecular formula is C22H24ClN5O2. The van der Waals surface area contributed by atoms with E-state index in [9.17, 15) is 9.59 Å². The molecule has 1 aromatic carbocycles. The van der Waals surface area contributed by atoms with E-state index in [0.29, 0.717) is 31.0 Å². The van der Waals surface area contributed by atoms with Crippen LogP contribution in [-0.4, -0.2) is 36.4 Å². The highest BCUT2D eigenvalue weighted by Crippen LogP contribution is 2.46. The third kappa shape index (κ3) is 2.99. The van der Waals surface area contributed by atoms with Gasteiger partial charge in [0.05, 0.1) is 16.8 Å². The van der Waals surface area contributed by atoms with Gasteiger partial charge in [-0.25, -0.2) is 4.98 Å². The number of rotatable bonds is 2. The van der Waals surface area contributed by atoms with Crippen LogP contribution in [0.3, 0.4) is 0 Å². The van der Waals surface area contributed by atoms with Gasteiger partial charge in [0.25, 0.3) is 0 Å². The molecule has 0 unspecified atom stereocenters. The van der Waals surface area contributed by atoms with Crippen LogP contribution in [0.25, 0.3) is 11.1 Å². The van der Waals surface area contributed by atoms with Crippen LogP contribution in [-0.2, 0) is 16.0 Å². The van der Waals surface area contributed by atoms with E-state index in [-0.39, 0.29) is 23.0 Å². The van der Waals surface area contributed by atoms with E-state index in [0.717, 1.165) is 53.9 Å². The fraction of sp³-hybridized carbons (Fsp3) is 0.409. The van der Waals surface area contributed by atoms with Crippen molar-refractivity contribution < 1.29 is 9.59 Å². The Hall–Kier alpha value is -2.80. The van der Waals surface area contributed by atoms with Crippen molar-refractivity contribution in [1.29, 1.82) is 0 Å². The standard InChI is InChI=1S/C22H24ClN5O2/c23-17-19(28-10-7-22(8-11-28)6-9-25-21(22)30)15(12-26-20(17)24)14-3-1-2-13-4-5-16(29)27-18(13)14/h1-3,12H,4-11H2,(H2,24,26)(H,25,30)(H,27,29). The van der Waals surface area contributed by atoms with Crippen LogP contribution in [0, 0.1) is 5.41 Å². The second-order valence-corrected chi connectivity index (χ2v) is 8.76. The number of pyridine rings is 1. The molecule has 7 nitrogen and oxygen atoms in total. The number of nitrogens with one attached hydrogen (secondary N) is 2. The number of carbonyl (C=O) groups excluding carboxylic acids is 2. The van der Waals surface area contributed by atoms with Gasteiger partial charge in [0.15, 0.2) is 0 Å². The molecule has 4 N–H and O–H groups in total. The highest BCUT2D eigenvalue weighted by molar-refractivity contribution is 6.36. The number of nitrogens with two attached hydrogens (primary N) is 1. The molecule has 2 aromatic rings. The smallest absolute Gasteiger partial charge is 0.226 e. The summed E-state index contributed by atoms with van der Waals surface area (Å²) in [6.07, 6.45) is 5.37. The number of aromatic nitrogens is 1. The number of para-hydroxylation sites is 1. The number of piperidine rings is 1. The summed E-state index contributed by atoms with van der Waals surface area (Å²) in [5, 5.41) is 6.42. The van der Waals surface area contributed by atoms with Gasteiger partial charge < -0.3 is 21.3 Å². The molecule has 5 rings (SSSR count). The summed E-state index contributed by atoms with van der Waals surface area (Å²) in [7, 11) is 0. The zero-order valence-corrected chi connectivity index (χ0v) is 17.4. The lowest BCUT2D eigenvalue weighted by Crippen LogP contribution is -2.44. The molecule has 0 radical (unpaired) electrons. The summed E-state index contributed by atoms with van der Waals surface area (Å²) in [5.74, 6) is 0.462. The minimum absolute atomic E-state index is 0.0122. The first-order chi connectivity index (χ1) is 14.5. The Morgan fingerprint density at radius 3 is 2.63 bits per heavy atom. The van der Waals surface area contributed by atoms with Gasteiger partial charge in [-0.2, -0.15) is 0 Å². The van der Waals surface area contributed by atoms with E-state index in [1.807, 2.05) is 18.2 Å². The predicted octanol–water partition coefficient (Wildman–Crippen LogP) is 2.98. The number of benzene rings is 1. The van der Waals surface area contributed by atoms with Crippen molar-refractivity contribution in [1.82, 2.24) is 10.3 Å². The maximum absolute atomic E-state index is 12.4. The Morgan fingerprint density at radius 2 is 1.90 bits per heavy atom. The van der Waals surface area contributed by atoms with Crippen LogP contribution in [0.2, 0.25) is 5.02 Å². The van der Waals surface area contributed by atoms with Crippen LogP contribution in [0.15, 0.2) is 24.4 Å². The van der Waals surface area contributed by atoms with Crippen molar-refractivity contribution in [2.24, 2.45) is 5.41 Å². The fourth-order valence-electron chi connectivity index (χ4n) is 4.98. The van der Waals surface area contributed by atoms with Crippen molar-refractivity contribution in [2.75, 3.05) is 35.6 Å². The van der Waals surface area contributed by atoms with Crippen LogP contribution in [0.5, 0.6) is 0 Å². The van der Waals surface area contributed by atoms with Crippen molar-refractivity contribution in [3.8, 4) is 11.1 Å². The zero-order valence-electron chi connectivity index (χ0n) is 16.6. The number of aryl methyl sites for hydroxylation is 1. The third-order valence-electron chi connectivity index (χ3n) is 6.75. The Bertz CT molecular complexity index is 1050. The molecule has 0 saturated carbocycles. The molecule has 0 aliphatic carbocycles. The second-order valence-electron chi connectivity index (χ2n) is 8.38. The third-order valence-corrected chi connectivity index (χ3v) is 7.13. The molecule has 1 spiro atoms. The highest BCUT2D eigenvalue weighted by atomic mass is 35.5. The van der Waals surface area contributed by atoms with E-state index < -0.39 is 0 Å². The molecule has 0 atom stereocenters. The first kappa shape index (κ1) is 19.2. The zero-order chi connectivity index (χ0) is 20.9. The quantitative estimate of drug-likeness (QED) is 0.686. The largest absolute Gasteiger partial charge is 0.382 e. The van der Waals surface area contributed by atoms with Gasteiger partial charge in [-0.1, -0.05) is 29.8 Å². The molecule has 4 heterocycles. The van der Waals surface area contributed by atoms with Gasteiger partial charge in [0, 0.05) is 43.4 Å². The van der Waals surface area contributed by atoms with Crippen molar-refractivity contribution in [3.05, 3.63) is 35.0 Å². The van der Waals surface area contributed by atoms with E-state index >= 15 is 0 Å². The number of amides is 2. The fourth-order valence-corrected chi connectivity index (χ4v) is 5.25.